The number of benzene rings is 2. The monoisotopic (exact) mass is 335 g/mol. The van der Waals surface area contributed by atoms with Crippen LogP contribution < -0.4 is 14.9 Å². The van der Waals surface area contributed by atoms with Gasteiger partial charge in [-0.1, -0.05) is 0 Å². The normalized spacial score (nSPS) is 12.4. The van der Waals surface area contributed by atoms with E-state index in [1.165, 1.54) is 0 Å². The summed E-state index contributed by atoms with van der Waals surface area (Å²) >= 11 is 0. The van der Waals surface area contributed by atoms with Gasteiger partial charge in [0.15, 0.2) is 22.8 Å². The number of hydrogen-bond donors (Lipinski definition) is 1. The van der Waals surface area contributed by atoms with E-state index in [9.17, 15) is 15.2 Å². The van der Waals surface area contributed by atoms with Gasteiger partial charge in [-0.2, -0.15) is 5.26 Å². The summed E-state index contributed by atoms with van der Waals surface area (Å²) in [4.78, 5) is 12.6. The van der Waals surface area contributed by atoms with Crippen molar-refractivity contribution in [2.75, 3.05) is 6.79 Å². The molecule has 1 N–H and O–H groups in total. The van der Waals surface area contributed by atoms with Crippen LogP contribution in [-0.2, 0) is 0 Å². The van der Waals surface area contributed by atoms with Crippen LogP contribution in [0.25, 0.3) is 22.3 Å². The van der Waals surface area contributed by atoms with Crippen molar-refractivity contribution in [3.63, 3.8) is 0 Å². The molecule has 3 aromatic rings. The van der Waals surface area contributed by atoms with Crippen LogP contribution in [0.4, 0.5) is 0 Å². The van der Waals surface area contributed by atoms with Gasteiger partial charge in [-0.15, -0.1) is 0 Å². The smallest absolute Gasteiger partial charge is 0.235 e. The molecule has 0 radical (unpaired) electrons. The zero-order chi connectivity index (χ0) is 17.7. The minimum atomic E-state index is -0.575. The summed E-state index contributed by atoms with van der Waals surface area (Å²) in [6, 6.07) is 8.67. The van der Waals surface area contributed by atoms with Crippen molar-refractivity contribution in [3.8, 4) is 34.6 Å². The van der Waals surface area contributed by atoms with Gasteiger partial charge in [-0.25, -0.2) is 0 Å². The third-order valence-electron chi connectivity index (χ3n) is 4.42. The molecule has 1 aromatic heterocycles. The van der Waals surface area contributed by atoms with E-state index in [-0.39, 0.29) is 29.1 Å². The maximum Gasteiger partial charge on any atom is 0.235 e. The Balaban J connectivity index is 2.06. The van der Waals surface area contributed by atoms with Crippen LogP contribution in [0.5, 0.6) is 17.2 Å². The number of nitrogens with zero attached hydrogens (tertiary/aromatic N) is 1. The van der Waals surface area contributed by atoms with E-state index in [4.69, 9.17) is 13.9 Å². The first-order valence-electron chi connectivity index (χ1n) is 7.61. The Kier molecular flexibility index (Phi) is 3.19. The summed E-state index contributed by atoms with van der Waals surface area (Å²) in [7, 11) is 0. The van der Waals surface area contributed by atoms with Gasteiger partial charge < -0.3 is 19.0 Å². The van der Waals surface area contributed by atoms with Crippen LogP contribution in [0.2, 0.25) is 0 Å². The van der Waals surface area contributed by atoms with Crippen LogP contribution in [0.1, 0.15) is 16.7 Å². The summed E-state index contributed by atoms with van der Waals surface area (Å²) in [6.07, 6.45) is 0. The maximum atomic E-state index is 12.6. The Morgan fingerprint density at radius 1 is 1.16 bits per heavy atom. The average Bonchev–Trinajstić information content (AvgIpc) is 3.07. The first-order valence-corrected chi connectivity index (χ1v) is 7.61. The van der Waals surface area contributed by atoms with Crippen molar-refractivity contribution in [3.05, 3.63) is 51.2 Å². The van der Waals surface area contributed by atoms with E-state index >= 15 is 0 Å². The number of aryl methyl sites for hydroxylation is 1. The summed E-state index contributed by atoms with van der Waals surface area (Å²) in [5.41, 5.74) is 1.86. The molecule has 0 fully saturated rings. The quantitative estimate of drug-likeness (QED) is 0.733. The number of hydrogen-bond acceptors (Lipinski definition) is 6. The first-order chi connectivity index (χ1) is 12.0. The van der Waals surface area contributed by atoms with Gasteiger partial charge in [-0.3, -0.25) is 4.79 Å². The summed E-state index contributed by atoms with van der Waals surface area (Å²) in [6.45, 7) is 3.71. The fourth-order valence-corrected chi connectivity index (χ4v) is 2.92. The number of rotatable bonds is 1. The molecule has 1 aliphatic heterocycles. The highest BCUT2D eigenvalue weighted by molar-refractivity contribution is 5.88. The molecule has 0 saturated carbocycles. The van der Waals surface area contributed by atoms with Crippen molar-refractivity contribution in [1.82, 2.24) is 0 Å². The molecular weight excluding hydrogens is 322 g/mol. The Hall–Kier alpha value is -3.46. The molecule has 6 heteroatoms. The predicted molar refractivity (Wildman–Crippen MR) is 89.9 cm³/mol. The summed E-state index contributed by atoms with van der Waals surface area (Å²) < 4.78 is 16.4. The van der Waals surface area contributed by atoms with Gasteiger partial charge >= 0.3 is 0 Å². The second-order valence-electron chi connectivity index (χ2n) is 5.86. The second kappa shape index (κ2) is 5.28. The lowest BCUT2D eigenvalue weighted by Crippen LogP contribution is -2.05. The van der Waals surface area contributed by atoms with E-state index in [2.05, 4.69) is 6.07 Å². The average molecular weight is 335 g/mol. The topological polar surface area (TPSA) is 92.7 Å². The zero-order valence-corrected chi connectivity index (χ0v) is 13.5. The molecule has 0 amide bonds. The van der Waals surface area contributed by atoms with Crippen molar-refractivity contribution in [2.45, 2.75) is 13.8 Å². The van der Waals surface area contributed by atoms with Gasteiger partial charge in [0.2, 0.25) is 18.0 Å². The molecule has 2 aromatic carbocycles. The molecule has 124 valence electrons. The highest BCUT2D eigenvalue weighted by Crippen LogP contribution is 2.39. The molecule has 0 unspecified atom stereocenters. The molecule has 1 aliphatic rings. The van der Waals surface area contributed by atoms with Gasteiger partial charge in [0.05, 0.1) is 10.9 Å². The van der Waals surface area contributed by atoms with Gasteiger partial charge in [0.25, 0.3) is 0 Å². The fraction of sp³-hybridized carbons (Fsp3) is 0.158. The fourth-order valence-electron chi connectivity index (χ4n) is 2.92. The van der Waals surface area contributed by atoms with Crippen molar-refractivity contribution in [2.24, 2.45) is 0 Å². The predicted octanol–water partition coefficient (Wildman–Crippen LogP) is 3.38. The second-order valence-corrected chi connectivity index (χ2v) is 5.86. The van der Waals surface area contributed by atoms with Crippen molar-refractivity contribution in [1.29, 1.82) is 5.26 Å². The van der Waals surface area contributed by atoms with Gasteiger partial charge in [0.1, 0.15) is 6.07 Å². The summed E-state index contributed by atoms with van der Waals surface area (Å²) in [5.74, 6) is 0.574. The molecule has 0 aliphatic carbocycles. The molecule has 0 atom stereocenters. The number of ether oxygens (including phenoxy) is 2. The molecule has 6 nitrogen and oxygen atoms in total. The number of aromatic hydroxyl groups is 1. The van der Waals surface area contributed by atoms with E-state index in [0.717, 1.165) is 11.1 Å². The van der Waals surface area contributed by atoms with Crippen LogP contribution in [0.15, 0.2) is 33.5 Å². The Labute approximate surface area is 142 Å². The summed E-state index contributed by atoms with van der Waals surface area (Å²) in [5, 5.41) is 20.0. The van der Waals surface area contributed by atoms with Crippen molar-refractivity contribution < 1.29 is 19.0 Å². The maximum absolute atomic E-state index is 12.6. The Bertz CT molecular complexity index is 1140. The van der Waals surface area contributed by atoms with Crippen LogP contribution >= 0.6 is 0 Å². The third-order valence-corrected chi connectivity index (χ3v) is 4.42. The zero-order valence-electron chi connectivity index (χ0n) is 13.5. The lowest BCUT2D eigenvalue weighted by Gasteiger charge is -2.10. The molecule has 2 heterocycles. The number of nitriles is 1. The molecule has 0 saturated heterocycles. The Morgan fingerprint density at radius 3 is 2.68 bits per heavy atom. The van der Waals surface area contributed by atoms with E-state index in [0.29, 0.717) is 17.1 Å². The molecule has 0 bridgehead atoms. The highest BCUT2D eigenvalue weighted by atomic mass is 16.7. The third kappa shape index (κ3) is 2.13. The lowest BCUT2D eigenvalue weighted by molar-refractivity contribution is 0.174. The molecule has 25 heavy (non-hydrogen) atoms. The van der Waals surface area contributed by atoms with E-state index in [1.54, 1.807) is 38.1 Å². The molecular formula is C19H13NO5. The van der Waals surface area contributed by atoms with Crippen LogP contribution in [-0.4, -0.2) is 11.9 Å². The first kappa shape index (κ1) is 15.1. The van der Waals surface area contributed by atoms with Gasteiger partial charge in [-0.05, 0) is 49.2 Å². The van der Waals surface area contributed by atoms with Crippen molar-refractivity contribution >= 4 is 11.0 Å². The molecule has 4 rings (SSSR count). The highest BCUT2D eigenvalue weighted by Gasteiger charge is 2.22. The lowest BCUT2D eigenvalue weighted by atomic mass is 9.99. The molecule has 0 spiro atoms. The number of fused-ring (bicyclic) bond motifs is 2. The largest absolute Gasteiger partial charge is 0.502 e. The Morgan fingerprint density at radius 2 is 1.92 bits per heavy atom. The van der Waals surface area contributed by atoms with Crippen LogP contribution in [0, 0.1) is 25.2 Å². The minimum absolute atomic E-state index is 0.00412. The standard InChI is InChI=1S/C19H13NO5/c1-9-5-12-16(21)17(22)18(25-19(12)13(7-20)10(9)2)11-3-4-14-15(6-11)24-8-23-14/h3-6,22H,8H2,1-2H3. The van der Waals surface area contributed by atoms with Crippen LogP contribution in [0.3, 0.4) is 0 Å². The van der Waals surface area contributed by atoms with Gasteiger partial charge in [0, 0.05) is 5.56 Å². The SMILES string of the molecule is Cc1cc2c(=O)c(O)c(-c3ccc4c(c3)OCO4)oc2c(C#N)c1C. The minimum Gasteiger partial charge on any atom is -0.502 e. The van der Waals surface area contributed by atoms with E-state index < -0.39 is 11.2 Å². The van der Waals surface area contributed by atoms with E-state index in [1.807, 2.05) is 0 Å².